The first-order chi connectivity index (χ1) is 16.9. The first-order valence-corrected chi connectivity index (χ1v) is 12.0. The largest absolute Gasteiger partial charge is 0.465 e. The number of ketones is 3. The maximum atomic E-state index is 12.1. The fourth-order valence-corrected chi connectivity index (χ4v) is 2.63. The van der Waals surface area contributed by atoms with Crippen LogP contribution in [-0.2, 0) is 52.5 Å². The lowest BCUT2D eigenvalue weighted by Crippen LogP contribution is -2.44. The second-order valence-electron chi connectivity index (χ2n) is 8.85. The molecule has 11 heteroatoms. The molecule has 36 heavy (non-hydrogen) atoms. The minimum absolute atomic E-state index is 0.0299. The summed E-state index contributed by atoms with van der Waals surface area (Å²) in [4.78, 5) is 82.0. The van der Waals surface area contributed by atoms with Crippen molar-refractivity contribution in [2.75, 3.05) is 26.4 Å². The highest BCUT2D eigenvalue weighted by molar-refractivity contribution is 5.82. The van der Waals surface area contributed by atoms with Gasteiger partial charge in [0.1, 0.15) is 49.2 Å². The first-order valence-electron chi connectivity index (χ1n) is 12.0. The van der Waals surface area contributed by atoms with Gasteiger partial charge >= 0.3 is 23.9 Å². The van der Waals surface area contributed by atoms with Gasteiger partial charge in [0.25, 0.3) is 0 Å². The van der Waals surface area contributed by atoms with Crippen molar-refractivity contribution in [2.24, 2.45) is 5.41 Å². The number of esters is 4. The van der Waals surface area contributed by atoms with Gasteiger partial charge in [0.2, 0.25) is 0 Å². The van der Waals surface area contributed by atoms with Crippen molar-refractivity contribution in [1.82, 2.24) is 0 Å². The maximum absolute atomic E-state index is 12.1. The Morgan fingerprint density at radius 2 is 0.750 bits per heavy atom. The van der Waals surface area contributed by atoms with Gasteiger partial charge < -0.3 is 33.3 Å². The van der Waals surface area contributed by atoms with Crippen LogP contribution in [0, 0.1) is 5.41 Å². The molecule has 0 N–H and O–H groups in total. The third kappa shape index (κ3) is 17.3. The average molecular weight is 515 g/mol. The van der Waals surface area contributed by atoms with E-state index >= 15 is 0 Å². The molecule has 0 unspecified atom stereocenters. The standard InChI is InChI=1S/C25H38O11/c1-5-6-7-21(29)33-14-25(15-34-22(30)11-8-18(2)26,16-35-23(31)12-9-19(3)27)17-36-24(32)13-10-20(4)28/h5-17H2,1-4H3. The van der Waals surface area contributed by atoms with E-state index in [-0.39, 0.29) is 62.3 Å². The lowest BCUT2D eigenvalue weighted by Gasteiger charge is -2.31. The fourth-order valence-electron chi connectivity index (χ4n) is 2.63. The van der Waals surface area contributed by atoms with Gasteiger partial charge in [-0.15, -0.1) is 0 Å². The van der Waals surface area contributed by atoms with Gasteiger partial charge in [-0.2, -0.15) is 0 Å². The van der Waals surface area contributed by atoms with Gasteiger partial charge in [0.15, 0.2) is 0 Å². The molecule has 0 fully saturated rings. The van der Waals surface area contributed by atoms with Gasteiger partial charge in [-0.1, -0.05) is 13.3 Å². The van der Waals surface area contributed by atoms with Crippen molar-refractivity contribution < 1.29 is 52.5 Å². The summed E-state index contributed by atoms with van der Waals surface area (Å²) in [7, 11) is 0. The number of unbranched alkanes of at least 4 members (excludes halogenated alkanes) is 1. The zero-order valence-electron chi connectivity index (χ0n) is 21.7. The number of carbonyl (C=O) groups is 7. The van der Waals surface area contributed by atoms with Crippen LogP contribution in [0.2, 0.25) is 0 Å². The highest BCUT2D eigenvalue weighted by Crippen LogP contribution is 2.23. The second-order valence-corrected chi connectivity index (χ2v) is 8.85. The zero-order valence-corrected chi connectivity index (χ0v) is 21.7. The monoisotopic (exact) mass is 514 g/mol. The Balaban J connectivity index is 5.59. The quantitative estimate of drug-likeness (QED) is 0.174. The molecule has 0 aromatic heterocycles. The summed E-state index contributed by atoms with van der Waals surface area (Å²) < 4.78 is 21.1. The van der Waals surface area contributed by atoms with Crippen molar-refractivity contribution in [3.8, 4) is 0 Å². The Hall–Kier alpha value is -3.11. The Morgan fingerprint density at radius 1 is 0.472 bits per heavy atom. The molecule has 0 bridgehead atoms. The molecule has 0 aromatic carbocycles. The summed E-state index contributed by atoms with van der Waals surface area (Å²) in [6.45, 7) is 4.17. The van der Waals surface area contributed by atoms with E-state index in [4.69, 9.17) is 18.9 Å². The van der Waals surface area contributed by atoms with Gasteiger partial charge in [-0.05, 0) is 27.2 Å². The van der Waals surface area contributed by atoms with Crippen LogP contribution >= 0.6 is 0 Å². The summed E-state index contributed by atoms with van der Waals surface area (Å²) in [5.74, 6) is -3.28. The number of carbonyl (C=O) groups excluding carboxylic acids is 7. The van der Waals surface area contributed by atoms with E-state index in [1.807, 2.05) is 6.92 Å². The molecular weight excluding hydrogens is 476 g/mol. The second kappa shape index (κ2) is 18.2. The van der Waals surface area contributed by atoms with E-state index in [0.29, 0.717) is 6.42 Å². The van der Waals surface area contributed by atoms with E-state index < -0.39 is 55.7 Å². The Labute approximate surface area is 211 Å². The zero-order chi connectivity index (χ0) is 27.6. The van der Waals surface area contributed by atoms with Crippen molar-refractivity contribution in [1.29, 1.82) is 0 Å². The molecule has 0 aromatic rings. The maximum Gasteiger partial charge on any atom is 0.306 e. The predicted molar refractivity (Wildman–Crippen MR) is 126 cm³/mol. The third-order valence-corrected chi connectivity index (χ3v) is 4.94. The first kappa shape index (κ1) is 32.9. The van der Waals surface area contributed by atoms with E-state index in [0.717, 1.165) is 6.42 Å². The molecule has 0 rings (SSSR count). The van der Waals surface area contributed by atoms with Gasteiger partial charge in [0.05, 0.1) is 19.3 Å². The highest BCUT2D eigenvalue weighted by Gasteiger charge is 2.38. The van der Waals surface area contributed by atoms with Gasteiger partial charge in [-0.3, -0.25) is 19.2 Å². The average Bonchev–Trinajstić information content (AvgIpc) is 2.82. The molecule has 0 aliphatic heterocycles. The molecule has 0 saturated heterocycles. The van der Waals surface area contributed by atoms with Gasteiger partial charge in [-0.25, -0.2) is 0 Å². The molecule has 0 radical (unpaired) electrons. The van der Waals surface area contributed by atoms with Crippen molar-refractivity contribution in [3.05, 3.63) is 0 Å². The topological polar surface area (TPSA) is 156 Å². The van der Waals surface area contributed by atoms with Gasteiger partial charge in [0, 0.05) is 25.7 Å². The minimum atomic E-state index is -1.44. The van der Waals surface area contributed by atoms with Crippen LogP contribution in [0.4, 0.5) is 0 Å². The Morgan fingerprint density at radius 3 is 1.00 bits per heavy atom. The summed E-state index contributed by atoms with van der Waals surface area (Å²) in [5, 5.41) is 0. The Bertz CT molecular complexity index is 701. The van der Waals surface area contributed by atoms with Crippen LogP contribution in [0.5, 0.6) is 0 Å². The van der Waals surface area contributed by atoms with Crippen molar-refractivity contribution in [2.45, 2.75) is 85.5 Å². The molecule has 0 saturated carbocycles. The third-order valence-electron chi connectivity index (χ3n) is 4.94. The van der Waals surface area contributed by atoms with E-state index in [2.05, 4.69) is 0 Å². The lowest BCUT2D eigenvalue weighted by atomic mass is 9.92. The number of ether oxygens (including phenoxy) is 4. The fraction of sp³-hybridized carbons (Fsp3) is 0.720. The van der Waals surface area contributed by atoms with Crippen molar-refractivity contribution in [3.63, 3.8) is 0 Å². The SMILES string of the molecule is CCCCC(=O)OCC(COC(=O)CCC(C)=O)(COC(=O)CCC(C)=O)COC(=O)CCC(C)=O. The number of hydrogen-bond donors (Lipinski definition) is 0. The summed E-state index contributed by atoms with van der Waals surface area (Å²) in [6.07, 6.45) is 0.854. The molecule has 204 valence electrons. The van der Waals surface area contributed by atoms with Crippen LogP contribution in [0.15, 0.2) is 0 Å². The van der Waals surface area contributed by atoms with Crippen LogP contribution in [0.1, 0.15) is 85.5 Å². The molecule has 11 nitrogen and oxygen atoms in total. The van der Waals surface area contributed by atoms with Crippen LogP contribution in [-0.4, -0.2) is 67.7 Å². The van der Waals surface area contributed by atoms with Crippen LogP contribution < -0.4 is 0 Å². The highest BCUT2D eigenvalue weighted by atomic mass is 16.6. The molecular formula is C25H38O11. The molecule has 0 aliphatic rings. The van der Waals surface area contributed by atoms with Crippen LogP contribution in [0.25, 0.3) is 0 Å². The van der Waals surface area contributed by atoms with E-state index in [1.54, 1.807) is 0 Å². The minimum Gasteiger partial charge on any atom is -0.465 e. The molecule has 0 heterocycles. The molecule has 0 spiro atoms. The summed E-state index contributed by atoms with van der Waals surface area (Å²) in [5.41, 5.74) is -1.44. The molecule has 0 atom stereocenters. The molecule has 0 amide bonds. The van der Waals surface area contributed by atoms with Crippen LogP contribution in [0.3, 0.4) is 0 Å². The number of hydrogen-bond acceptors (Lipinski definition) is 11. The van der Waals surface area contributed by atoms with Crippen molar-refractivity contribution >= 4 is 41.2 Å². The number of Topliss-reactive ketones (excluding diaryl/α,β-unsaturated/α-hetero) is 3. The molecule has 0 aliphatic carbocycles. The summed E-state index contributed by atoms with van der Waals surface area (Å²) in [6, 6.07) is 0. The predicted octanol–water partition coefficient (Wildman–Crippen LogP) is 2.44. The number of rotatable bonds is 20. The normalized spacial score (nSPS) is 10.8. The van der Waals surface area contributed by atoms with E-state index in [1.165, 1.54) is 20.8 Å². The Kier molecular flexibility index (Phi) is 16.6. The smallest absolute Gasteiger partial charge is 0.306 e. The lowest BCUT2D eigenvalue weighted by molar-refractivity contribution is -0.171. The summed E-state index contributed by atoms with van der Waals surface area (Å²) >= 11 is 0. The van der Waals surface area contributed by atoms with E-state index in [9.17, 15) is 33.6 Å².